The maximum Gasteiger partial charge on any atom is 0.272 e. The maximum atomic E-state index is 10.5. The third-order valence-corrected chi connectivity index (χ3v) is 2.01. The highest BCUT2D eigenvalue weighted by Crippen LogP contribution is 2.01. The maximum absolute atomic E-state index is 10.5. The summed E-state index contributed by atoms with van der Waals surface area (Å²) in [4.78, 5) is 9.91. The lowest BCUT2D eigenvalue weighted by Gasteiger charge is -1.98. The second-order valence-corrected chi connectivity index (χ2v) is 4.08. The Morgan fingerprint density at radius 3 is 2.53 bits per heavy atom. The van der Waals surface area contributed by atoms with Crippen LogP contribution in [0.1, 0.15) is 11.4 Å². The summed E-state index contributed by atoms with van der Waals surface area (Å²) in [7, 11) is -4.11. The van der Waals surface area contributed by atoms with Crippen LogP contribution < -0.4 is 0 Å². The number of azide groups is 1. The Hall–Kier alpha value is -1.70. The fraction of sp³-hybridized carbons (Fsp3) is 0.333. The molecule has 0 atom stereocenters. The fourth-order valence-corrected chi connectivity index (χ4v) is 1.29. The quantitative estimate of drug-likeness (QED) is 0.351. The van der Waals surface area contributed by atoms with Gasteiger partial charge in [0, 0.05) is 17.3 Å². The van der Waals surface area contributed by atoms with E-state index in [-0.39, 0.29) is 12.4 Å². The zero-order valence-corrected chi connectivity index (χ0v) is 8.29. The molecular formula is C6H7N5O3S. The van der Waals surface area contributed by atoms with Crippen molar-refractivity contribution in [3.05, 3.63) is 34.2 Å². The number of nitrogens with zero attached hydrogens (tertiary/aromatic N) is 5. The molecule has 0 aliphatic rings. The smallest absolute Gasteiger partial charge is 0.272 e. The number of hydrogen-bond donors (Lipinski definition) is 1. The van der Waals surface area contributed by atoms with E-state index >= 15 is 0 Å². The first-order valence-electron chi connectivity index (χ1n) is 3.77. The van der Waals surface area contributed by atoms with Gasteiger partial charge in [-0.1, -0.05) is 5.11 Å². The third-order valence-electron chi connectivity index (χ3n) is 1.39. The zero-order chi connectivity index (χ0) is 11.3. The van der Waals surface area contributed by atoms with E-state index in [1.165, 1.54) is 12.4 Å². The van der Waals surface area contributed by atoms with Crippen LogP contribution in [0, 0.1) is 0 Å². The highest BCUT2D eigenvalue weighted by molar-refractivity contribution is 7.84. The van der Waals surface area contributed by atoms with Gasteiger partial charge in [-0.15, -0.1) is 0 Å². The van der Waals surface area contributed by atoms with Crippen LogP contribution in [0.4, 0.5) is 0 Å². The Morgan fingerprint density at radius 2 is 2.07 bits per heavy atom. The Labute approximate surface area is 85.4 Å². The Bertz CT molecular complexity index is 476. The second kappa shape index (κ2) is 4.69. The molecule has 0 saturated heterocycles. The topological polar surface area (TPSA) is 129 Å². The predicted octanol–water partition coefficient (Wildman–Crippen LogP) is 0.675. The first-order valence-corrected chi connectivity index (χ1v) is 5.38. The lowest BCUT2D eigenvalue weighted by atomic mass is 10.3. The molecule has 0 aliphatic carbocycles. The van der Waals surface area contributed by atoms with Crippen molar-refractivity contribution in [1.29, 1.82) is 0 Å². The first-order chi connectivity index (χ1) is 7.01. The minimum Gasteiger partial charge on any atom is -0.285 e. The molecule has 80 valence electrons. The molecule has 0 radical (unpaired) electrons. The van der Waals surface area contributed by atoms with Crippen LogP contribution in [0.5, 0.6) is 0 Å². The Balaban J connectivity index is 2.76. The number of hydrogen-bond acceptors (Lipinski definition) is 5. The molecular weight excluding hydrogens is 222 g/mol. The van der Waals surface area contributed by atoms with Crippen molar-refractivity contribution in [1.82, 2.24) is 9.97 Å². The van der Waals surface area contributed by atoms with Gasteiger partial charge in [0.2, 0.25) is 0 Å². The number of aromatic nitrogens is 2. The largest absolute Gasteiger partial charge is 0.285 e. The monoisotopic (exact) mass is 229 g/mol. The summed E-state index contributed by atoms with van der Waals surface area (Å²) in [5.41, 5.74) is 8.60. The summed E-state index contributed by atoms with van der Waals surface area (Å²) < 4.78 is 29.4. The van der Waals surface area contributed by atoms with E-state index in [0.29, 0.717) is 5.56 Å². The van der Waals surface area contributed by atoms with E-state index in [1.807, 2.05) is 0 Å². The van der Waals surface area contributed by atoms with Gasteiger partial charge in [0.1, 0.15) is 11.6 Å². The van der Waals surface area contributed by atoms with Crippen LogP contribution >= 0.6 is 0 Å². The summed E-state index contributed by atoms with van der Waals surface area (Å²) in [6.45, 7) is 0.0999. The van der Waals surface area contributed by atoms with E-state index in [9.17, 15) is 8.42 Å². The van der Waals surface area contributed by atoms with Gasteiger partial charge in [-0.05, 0) is 11.1 Å². The van der Waals surface area contributed by atoms with Crippen LogP contribution in [0.25, 0.3) is 10.4 Å². The SMILES string of the molecule is [N-]=[N+]=NCc1cnc(CS(=O)(=O)O)nc1. The van der Waals surface area contributed by atoms with Gasteiger partial charge in [0.05, 0.1) is 6.54 Å². The lowest BCUT2D eigenvalue weighted by Crippen LogP contribution is -2.05. The molecule has 1 aromatic heterocycles. The van der Waals surface area contributed by atoms with Crippen molar-refractivity contribution in [2.45, 2.75) is 12.3 Å². The van der Waals surface area contributed by atoms with Gasteiger partial charge in [-0.2, -0.15) is 8.42 Å². The third kappa shape index (κ3) is 4.36. The van der Waals surface area contributed by atoms with Crippen molar-refractivity contribution >= 4 is 10.1 Å². The van der Waals surface area contributed by atoms with Crippen LogP contribution in [0.2, 0.25) is 0 Å². The first kappa shape index (κ1) is 11.4. The van der Waals surface area contributed by atoms with Crippen molar-refractivity contribution < 1.29 is 13.0 Å². The average Bonchev–Trinajstić information content (AvgIpc) is 2.14. The van der Waals surface area contributed by atoms with Gasteiger partial charge in [-0.25, -0.2) is 9.97 Å². The van der Waals surface area contributed by atoms with Crippen LogP contribution in [0.3, 0.4) is 0 Å². The molecule has 0 aromatic carbocycles. The molecule has 0 bridgehead atoms. The summed E-state index contributed by atoms with van der Waals surface area (Å²) >= 11 is 0. The standard InChI is InChI=1S/C6H7N5O3S/c7-11-10-3-5-1-8-6(9-2-5)4-15(12,13)14/h1-2H,3-4H2,(H,12,13,14). The lowest BCUT2D eigenvalue weighted by molar-refractivity contribution is 0.480. The van der Waals surface area contributed by atoms with E-state index in [1.54, 1.807) is 0 Å². The van der Waals surface area contributed by atoms with Gasteiger partial charge in [0.25, 0.3) is 10.1 Å². The van der Waals surface area contributed by atoms with Crippen molar-refractivity contribution in [2.75, 3.05) is 0 Å². The fourth-order valence-electron chi connectivity index (χ4n) is 0.814. The van der Waals surface area contributed by atoms with E-state index in [0.717, 1.165) is 0 Å². The van der Waals surface area contributed by atoms with Crippen LogP contribution in [-0.2, 0) is 22.4 Å². The average molecular weight is 229 g/mol. The van der Waals surface area contributed by atoms with E-state index in [4.69, 9.17) is 10.1 Å². The molecule has 1 rings (SSSR count). The van der Waals surface area contributed by atoms with Gasteiger partial charge in [0.15, 0.2) is 0 Å². The summed E-state index contributed by atoms with van der Waals surface area (Å²) in [5.74, 6) is -0.642. The molecule has 1 aromatic rings. The van der Waals surface area contributed by atoms with E-state index in [2.05, 4.69) is 20.0 Å². The van der Waals surface area contributed by atoms with Gasteiger partial charge >= 0.3 is 0 Å². The molecule has 0 fully saturated rings. The number of rotatable bonds is 4. The molecule has 9 heteroatoms. The van der Waals surface area contributed by atoms with Gasteiger partial charge in [-0.3, -0.25) is 4.55 Å². The molecule has 15 heavy (non-hydrogen) atoms. The second-order valence-electron chi connectivity index (χ2n) is 2.62. The molecule has 0 amide bonds. The highest BCUT2D eigenvalue weighted by Gasteiger charge is 2.08. The van der Waals surface area contributed by atoms with E-state index < -0.39 is 15.9 Å². The van der Waals surface area contributed by atoms with Crippen LogP contribution in [-0.4, -0.2) is 22.9 Å². The Kier molecular flexibility index (Phi) is 3.56. The molecule has 1 heterocycles. The molecule has 0 saturated carbocycles. The molecule has 1 N–H and O–H groups in total. The predicted molar refractivity (Wildman–Crippen MR) is 50.1 cm³/mol. The highest BCUT2D eigenvalue weighted by atomic mass is 32.2. The molecule has 8 nitrogen and oxygen atoms in total. The summed E-state index contributed by atoms with van der Waals surface area (Å²) in [5, 5.41) is 3.28. The van der Waals surface area contributed by atoms with Crippen molar-refractivity contribution in [2.24, 2.45) is 5.11 Å². The summed E-state index contributed by atoms with van der Waals surface area (Å²) in [6.07, 6.45) is 2.67. The summed E-state index contributed by atoms with van der Waals surface area (Å²) in [6, 6.07) is 0. The van der Waals surface area contributed by atoms with Gasteiger partial charge < -0.3 is 0 Å². The minimum atomic E-state index is -4.11. The molecule has 0 spiro atoms. The molecule has 0 unspecified atom stereocenters. The normalized spacial score (nSPS) is 10.7. The minimum absolute atomic E-state index is 0.0119. The van der Waals surface area contributed by atoms with Crippen LogP contribution in [0.15, 0.2) is 17.5 Å². The zero-order valence-electron chi connectivity index (χ0n) is 7.48. The molecule has 0 aliphatic heterocycles. The van der Waals surface area contributed by atoms with Crippen molar-refractivity contribution in [3.63, 3.8) is 0 Å². The van der Waals surface area contributed by atoms with Crippen molar-refractivity contribution in [3.8, 4) is 0 Å². The Morgan fingerprint density at radius 1 is 1.47 bits per heavy atom.